The fraction of sp³-hybridized carbons (Fsp3) is 0.548. The summed E-state index contributed by atoms with van der Waals surface area (Å²) in [5, 5.41) is 15.7. The summed E-state index contributed by atoms with van der Waals surface area (Å²) >= 11 is 1.32. The number of fused-ring (bicyclic) bond motifs is 2. The normalized spacial score (nSPS) is 20.7. The molecule has 0 bridgehead atoms. The van der Waals surface area contributed by atoms with E-state index >= 15 is 0 Å². The molecule has 5 heterocycles. The highest BCUT2D eigenvalue weighted by Gasteiger charge is 2.31. The van der Waals surface area contributed by atoms with E-state index in [0.717, 1.165) is 73.3 Å². The molecule has 2 atom stereocenters. The molecule has 0 aromatic carbocycles. The molecule has 11 nitrogen and oxygen atoms in total. The third-order valence-electron chi connectivity index (χ3n) is 9.01. The van der Waals surface area contributed by atoms with Crippen molar-refractivity contribution >= 4 is 45.3 Å². The molecule has 0 spiro atoms. The number of imide groups is 1. The van der Waals surface area contributed by atoms with Crippen LogP contribution in [0, 0.1) is 11.3 Å². The zero-order chi connectivity index (χ0) is 30.3. The number of nitrogens with one attached hydrogen (secondary N) is 2. The molecule has 12 heteroatoms. The van der Waals surface area contributed by atoms with E-state index in [1.165, 1.54) is 21.8 Å². The lowest BCUT2D eigenvalue weighted by Gasteiger charge is -2.34. The molecule has 4 amide bonds. The molecular weight excluding hydrogens is 566 g/mol. The molecule has 1 aliphatic carbocycles. The van der Waals surface area contributed by atoms with E-state index in [-0.39, 0.29) is 35.9 Å². The molecule has 1 unspecified atom stereocenters. The number of carbonyl (C=O) groups is 3. The van der Waals surface area contributed by atoms with Gasteiger partial charge in [-0.2, -0.15) is 0 Å². The van der Waals surface area contributed by atoms with Crippen molar-refractivity contribution in [3.8, 4) is 0 Å². The second-order valence-corrected chi connectivity index (χ2v) is 14.0. The lowest BCUT2D eigenvalue weighted by Crippen LogP contribution is -2.38. The molecule has 0 saturated carbocycles. The second kappa shape index (κ2) is 11.9. The van der Waals surface area contributed by atoms with Gasteiger partial charge in [0.15, 0.2) is 5.01 Å². The Balaban J connectivity index is 1.20. The number of hydrogen-bond donors (Lipinski definition) is 3. The zero-order valence-corrected chi connectivity index (χ0v) is 25.7. The number of aliphatic hydroxyl groups excluding tert-OH is 1. The summed E-state index contributed by atoms with van der Waals surface area (Å²) < 4.78 is 0. The molecule has 3 aromatic heterocycles. The minimum atomic E-state index is -0.498. The summed E-state index contributed by atoms with van der Waals surface area (Å²) in [6, 6.07) is 4.80. The molecule has 2 aliphatic heterocycles. The van der Waals surface area contributed by atoms with Crippen LogP contribution in [0.4, 0.5) is 10.6 Å². The van der Waals surface area contributed by atoms with Crippen molar-refractivity contribution in [3.63, 3.8) is 0 Å². The summed E-state index contributed by atoms with van der Waals surface area (Å²) in [5.74, 6) is 0.330. The standard InChI is InChI=1S/C31H39N7O4S/c1-31(2,3)20-5-6-22-19(14-20)15-24-28(34-22)43-29(35-24)27(41)33-23(10-13-37-11-8-21(39)9-12-37)18-4-7-25(32-16-18)38-17-26(40)36-30(38)42/h4,7,15-16,20-21,23,39H,5-6,8-14,17H2,1-3H3,(H,33,41)(H,36,40,42)/t20-,23?/m0/s1. The van der Waals surface area contributed by atoms with Crippen molar-refractivity contribution in [2.45, 2.75) is 71.4 Å². The molecule has 3 N–H and O–H groups in total. The largest absolute Gasteiger partial charge is 0.393 e. The van der Waals surface area contributed by atoms with Gasteiger partial charge in [0.25, 0.3) is 5.91 Å². The molecule has 6 rings (SSSR count). The van der Waals surface area contributed by atoms with Gasteiger partial charge >= 0.3 is 6.03 Å². The van der Waals surface area contributed by atoms with E-state index < -0.39 is 6.03 Å². The number of thiazole rings is 1. The Hall–Kier alpha value is -3.48. The molecule has 3 aromatic rings. The maximum atomic E-state index is 13.6. The minimum absolute atomic E-state index is 0.0713. The van der Waals surface area contributed by atoms with Crippen LogP contribution in [0.25, 0.3) is 10.3 Å². The molecule has 228 valence electrons. The Morgan fingerprint density at radius 2 is 1.98 bits per heavy atom. The number of nitrogens with zero attached hydrogens (tertiary/aromatic N) is 5. The Morgan fingerprint density at radius 3 is 2.65 bits per heavy atom. The summed E-state index contributed by atoms with van der Waals surface area (Å²) in [6.07, 6.45) is 6.55. The van der Waals surface area contributed by atoms with Crippen LogP contribution in [0.15, 0.2) is 24.4 Å². The van der Waals surface area contributed by atoms with Gasteiger partial charge in [-0.1, -0.05) is 38.2 Å². The van der Waals surface area contributed by atoms with Gasteiger partial charge in [-0.15, -0.1) is 0 Å². The third kappa shape index (κ3) is 6.56. The number of aromatic nitrogens is 3. The number of aliphatic hydroxyl groups is 1. The quantitative estimate of drug-likeness (QED) is 0.347. The summed E-state index contributed by atoms with van der Waals surface area (Å²) in [4.78, 5) is 55.7. The van der Waals surface area contributed by atoms with Crippen LogP contribution in [0.3, 0.4) is 0 Å². The van der Waals surface area contributed by atoms with Gasteiger partial charge in [-0.25, -0.2) is 19.7 Å². The van der Waals surface area contributed by atoms with Crippen molar-refractivity contribution < 1.29 is 19.5 Å². The number of carbonyl (C=O) groups excluding carboxylic acids is 3. The zero-order valence-electron chi connectivity index (χ0n) is 24.9. The van der Waals surface area contributed by atoms with E-state index in [0.29, 0.717) is 23.2 Å². The van der Waals surface area contributed by atoms with E-state index in [1.807, 2.05) is 6.07 Å². The highest BCUT2D eigenvalue weighted by molar-refractivity contribution is 7.19. The predicted octanol–water partition coefficient (Wildman–Crippen LogP) is 3.61. The van der Waals surface area contributed by atoms with Gasteiger partial charge in [-0.3, -0.25) is 19.8 Å². The van der Waals surface area contributed by atoms with Gasteiger partial charge in [0.1, 0.15) is 22.7 Å². The molecular formula is C31H39N7O4S. The molecule has 2 saturated heterocycles. The number of urea groups is 1. The van der Waals surface area contributed by atoms with Crippen LogP contribution >= 0.6 is 11.3 Å². The van der Waals surface area contributed by atoms with E-state index in [4.69, 9.17) is 9.97 Å². The highest BCUT2D eigenvalue weighted by Crippen LogP contribution is 2.38. The lowest BCUT2D eigenvalue weighted by atomic mass is 9.71. The van der Waals surface area contributed by atoms with E-state index in [9.17, 15) is 19.5 Å². The van der Waals surface area contributed by atoms with Gasteiger partial charge in [-0.05, 0) is 73.1 Å². The molecule has 3 aliphatic rings. The van der Waals surface area contributed by atoms with Gasteiger partial charge in [0.2, 0.25) is 5.91 Å². The molecule has 0 radical (unpaired) electrons. The van der Waals surface area contributed by atoms with E-state index in [2.05, 4.69) is 47.4 Å². The average Bonchev–Trinajstić information content (AvgIpc) is 3.55. The number of likely N-dealkylation sites (tertiary alicyclic amines) is 1. The summed E-state index contributed by atoms with van der Waals surface area (Å²) in [7, 11) is 0. The number of amides is 4. The lowest BCUT2D eigenvalue weighted by molar-refractivity contribution is -0.117. The monoisotopic (exact) mass is 605 g/mol. The summed E-state index contributed by atoms with van der Waals surface area (Å²) in [6.45, 7) is 9.15. The fourth-order valence-electron chi connectivity index (χ4n) is 6.24. The van der Waals surface area contributed by atoms with Crippen molar-refractivity contribution in [2.24, 2.45) is 11.3 Å². The maximum Gasteiger partial charge on any atom is 0.330 e. The van der Waals surface area contributed by atoms with Crippen molar-refractivity contribution in [2.75, 3.05) is 31.1 Å². The number of pyridine rings is 2. The Morgan fingerprint density at radius 1 is 1.19 bits per heavy atom. The van der Waals surface area contributed by atoms with Crippen LogP contribution in [0.1, 0.15) is 79.1 Å². The first-order valence-corrected chi connectivity index (χ1v) is 15.9. The van der Waals surface area contributed by atoms with Gasteiger partial charge < -0.3 is 15.3 Å². The first kappa shape index (κ1) is 29.6. The van der Waals surface area contributed by atoms with Gasteiger partial charge in [0.05, 0.1) is 12.1 Å². The smallest absolute Gasteiger partial charge is 0.330 e. The number of aryl methyl sites for hydroxylation is 1. The maximum absolute atomic E-state index is 13.6. The van der Waals surface area contributed by atoms with Crippen LogP contribution in [-0.4, -0.2) is 75.1 Å². The first-order chi connectivity index (χ1) is 20.5. The average molecular weight is 606 g/mol. The number of hydrogen-bond acceptors (Lipinski definition) is 9. The third-order valence-corrected chi connectivity index (χ3v) is 9.97. The summed E-state index contributed by atoms with van der Waals surface area (Å²) in [5.41, 5.74) is 4.14. The SMILES string of the molecule is CC(C)(C)[C@H]1CCc2nc3sc(C(=O)NC(CCN4CCC(O)CC4)c4ccc(N5CC(=O)NC5=O)nc4)nc3cc2C1. The van der Waals surface area contributed by atoms with Crippen molar-refractivity contribution in [1.29, 1.82) is 0 Å². The molecule has 43 heavy (non-hydrogen) atoms. The van der Waals surface area contributed by atoms with Crippen LogP contribution < -0.4 is 15.5 Å². The number of piperidine rings is 1. The predicted molar refractivity (Wildman–Crippen MR) is 164 cm³/mol. The van der Waals surface area contributed by atoms with Crippen molar-refractivity contribution in [3.05, 3.63) is 46.2 Å². The Labute approximate surface area is 255 Å². The fourth-order valence-corrected chi connectivity index (χ4v) is 7.08. The Kier molecular flexibility index (Phi) is 8.18. The van der Waals surface area contributed by atoms with Crippen LogP contribution in [-0.2, 0) is 17.6 Å². The van der Waals surface area contributed by atoms with Crippen LogP contribution in [0.2, 0.25) is 0 Å². The second-order valence-electron chi connectivity index (χ2n) is 13.0. The highest BCUT2D eigenvalue weighted by atomic mass is 32.1. The Bertz CT molecular complexity index is 1530. The van der Waals surface area contributed by atoms with Crippen LogP contribution in [0.5, 0.6) is 0 Å². The van der Waals surface area contributed by atoms with E-state index in [1.54, 1.807) is 12.3 Å². The number of anilines is 1. The minimum Gasteiger partial charge on any atom is -0.393 e. The molecule has 2 fully saturated rings. The van der Waals surface area contributed by atoms with Gasteiger partial charge in [0, 0.05) is 31.5 Å². The topological polar surface area (TPSA) is 141 Å². The number of rotatable bonds is 7. The first-order valence-electron chi connectivity index (χ1n) is 15.1. The van der Waals surface area contributed by atoms with Crippen molar-refractivity contribution in [1.82, 2.24) is 30.5 Å².